The van der Waals surface area contributed by atoms with Gasteiger partial charge in [0.15, 0.2) is 0 Å². The van der Waals surface area contributed by atoms with Crippen molar-refractivity contribution >= 4 is 11.9 Å². The number of rotatable bonds is 4. The Labute approximate surface area is 103 Å². The summed E-state index contributed by atoms with van der Waals surface area (Å²) in [5, 5.41) is 7.89. The molecule has 0 radical (unpaired) electrons. The maximum atomic E-state index is 11.6. The van der Waals surface area contributed by atoms with Crippen molar-refractivity contribution in [2.24, 2.45) is 5.92 Å². The topological polar surface area (TPSA) is 70.2 Å². The lowest BCUT2D eigenvalue weighted by Crippen LogP contribution is -2.50. The molecule has 0 bridgehead atoms. The molecule has 1 rings (SSSR count). The van der Waals surface area contributed by atoms with Crippen LogP contribution in [0, 0.1) is 5.92 Å². The third-order valence-corrected chi connectivity index (χ3v) is 3.48. The molecule has 0 aromatic heterocycles. The number of amides is 3. The number of carbonyl (C=O) groups is 2. The van der Waals surface area contributed by atoms with Crippen LogP contribution in [0.25, 0.3) is 0 Å². The second kappa shape index (κ2) is 6.59. The van der Waals surface area contributed by atoms with Crippen molar-refractivity contribution in [1.29, 1.82) is 0 Å². The van der Waals surface area contributed by atoms with Crippen molar-refractivity contribution in [3.8, 4) is 0 Å². The van der Waals surface area contributed by atoms with Crippen LogP contribution in [0.4, 0.5) is 4.79 Å². The van der Waals surface area contributed by atoms with Crippen molar-refractivity contribution in [1.82, 2.24) is 16.0 Å². The zero-order valence-corrected chi connectivity index (χ0v) is 10.9. The van der Waals surface area contributed by atoms with Crippen LogP contribution in [-0.4, -0.2) is 31.1 Å². The molecule has 98 valence electrons. The van der Waals surface area contributed by atoms with Gasteiger partial charge >= 0.3 is 6.03 Å². The molecule has 17 heavy (non-hydrogen) atoms. The Balaban J connectivity index is 2.34. The van der Waals surface area contributed by atoms with Gasteiger partial charge in [-0.05, 0) is 32.6 Å². The summed E-state index contributed by atoms with van der Waals surface area (Å²) in [7, 11) is 1.49. The highest BCUT2D eigenvalue weighted by Crippen LogP contribution is 2.27. The molecule has 5 nitrogen and oxygen atoms in total. The van der Waals surface area contributed by atoms with Crippen LogP contribution in [0.3, 0.4) is 0 Å². The molecule has 0 aromatic carbocycles. The average Bonchev–Trinajstić information content (AvgIpc) is 2.82. The largest absolute Gasteiger partial charge is 0.341 e. The normalized spacial score (nSPS) is 19.7. The highest BCUT2D eigenvalue weighted by molar-refractivity contribution is 5.96. The second-order valence-electron chi connectivity index (χ2n) is 4.79. The van der Waals surface area contributed by atoms with E-state index in [2.05, 4.69) is 22.9 Å². The Kier molecular flexibility index (Phi) is 5.41. The molecule has 0 aromatic rings. The molecule has 1 unspecified atom stereocenters. The zero-order chi connectivity index (χ0) is 12.8. The van der Waals surface area contributed by atoms with E-state index in [0.29, 0.717) is 12.0 Å². The Morgan fingerprint density at radius 3 is 2.29 bits per heavy atom. The summed E-state index contributed by atoms with van der Waals surface area (Å²) >= 11 is 0. The van der Waals surface area contributed by atoms with Crippen molar-refractivity contribution in [3.05, 3.63) is 0 Å². The lowest BCUT2D eigenvalue weighted by Gasteiger charge is -2.24. The molecule has 0 saturated heterocycles. The molecular weight excluding hydrogens is 218 g/mol. The summed E-state index contributed by atoms with van der Waals surface area (Å²) in [4.78, 5) is 22.6. The third-order valence-electron chi connectivity index (χ3n) is 3.48. The first-order chi connectivity index (χ1) is 8.04. The maximum absolute atomic E-state index is 11.6. The number of imide groups is 1. The number of hydrogen-bond acceptors (Lipinski definition) is 3. The first-order valence-corrected chi connectivity index (χ1v) is 6.33. The molecule has 5 heteroatoms. The fraction of sp³-hybridized carbons (Fsp3) is 0.833. The fourth-order valence-corrected chi connectivity index (χ4v) is 2.35. The molecule has 0 spiro atoms. The molecule has 2 atom stereocenters. The average molecular weight is 241 g/mol. The van der Waals surface area contributed by atoms with Crippen molar-refractivity contribution < 1.29 is 9.59 Å². The molecule has 0 heterocycles. The van der Waals surface area contributed by atoms with Crippen LogP contribution in [0.15, 0.2) is 0 Å². The van der Waals surface area contributed by atoms with Crippen molar-refractivity contribution in [3.63, 3.8) is 0 Å². The van der Waals surface area contributed by atoms with E-state index in [0.717, 1.165) is 0 Å². The lowest BCUT2D eigenvalue weighted by molar-refractivity contribution is -0.121. The lowest BCUT2D eigenvalue weighted by atomic mass is 9.99. The van der Waals surface area contributed by atoms with Gasteiger partial charge in [-0.2, -0.15) is 0 Å². The standard InChI is InChI=1S/C12H23N3O2/c1-8(10-6-4-5-7-10)14-9(2)11(16)15-12(17)13-3/h8-10,14H,4-7H2,1-3H3,(H2,13,15,16,17)/t8-,9?/m1/s1. The predicted molar refractivity (Wildman–Crippen MR) is 66.6 cm³/mol. The summed E-state index contributed by atoms with van der Waals surface area (Å²) in [6.07, 6.45) is 5.04. The Morgan fingerprint density at radius 1 is 1.18 bits per heavy atom. The zero-order valence-electron chi connectivity index (χ0n) is 10.9. The Hall–Kier alpha value is -1.10. The number of carbonyl (C=O) groups excluding carboxylic acids is 2. The highest BCUT2D eigenvalue weighted by Gasteiger charge is 2.24. The molecule has 1 fully saturated rings. The van der Waals surface area contributed by atoms with E-state index in [-0.39, 0.29) is 11.9 Å². The summed E-state index contributed by atoms with van der Waals surface area (Å²) in [5.41, 5.74) is 0. The molecule has 3 amide bonds. The summed E-state index contributed by atoms with van der Waals surface area (Å²) < 4.78 is 0. The smallest absolute Gasteiger partial charge is 0.321 e. The molecule has 1 aliphatic carbocycles. The predicted octanol–water partition coefficient (Wildman–Crippen LogP) is 0.999. The second-order valence-corrected chi connectivity index (χ2v) is 4.79. The summed E-state index contributed by atoms with van der Waals surface area (Å²) in [5.74, 6) is 0.374. The van der Waals surface area contributed by atoms with Crippen LogP contribution in [0.5, 0.6) is 0 Å². The van der Waals surface area contributed by atoms with Crippen molar-refractivity contribution in [2.45, 2.75) is 51.6 Å². The Bertz CT molecular complexity index is 275. The molecule has 1 saturated carbocycles. The van der Waals surface area contributed by atoms with Gasteiger partial charge < -0.3 is 10.6 Å². The van der Waals surface area contributed by atoms with Gasteiger partial charge in [0.25, 0.3) is 0 Å². The molecule has 1 aliphatic rings. The summed E-state index contributed by atoms with van der Waals surface area (Å²) in [6.45, 7) is 3.89. The van der Waals surface area contributed by atoms with E-state index in [1.165, 1.54) is 32.7 Å². The van der Waals surface area contributed by atoms with Gasteiger partial charge in [-0.3, -0.25) is 10.1 Å². The third kappa shape index (κ3) is 4.34. The van der Waals surface area contributed by atoms with Crippen LogP contribution < -0.4 is 16.0 Å². The minimum Gasteiger partial charge on any atom is -0.341 e. The van der Waals surface area contributed by atoms with Gasteiger partial charge in [-0.1, -0.05) is 12.8 Å². The Morgan fingerprint density at radius 2 is 1.76 bits per heavy atom. The number of hydrogen-bond donors (Lipinski definition) is 3. The number of nitrogens with one attached hydrogen (secondary N) is 3. The SMILES string of the molecule is CNC(=O)NC(=O)C(C)N[C@H](C)C1CCCC1. The van der Waals surface area contributed by atoms with Gasteiger partial charge in [0, 0.05) is 13.1 Å². The monoisotopic (exact) mass is 241 g/mol. The maximum Gasteiger partial charge on any atom is 0.321 e. The van der Waals surface area contributed by atoms with Gasteiger partial charge in [0.2, 0.25) is 5.91 Å². The van der Waals surface area contributed by atoms with E-state index in [1.807, 2.05) is 0 Å². The van der Waals surface area contributed by atoms with E-state index >= 15 is 0 Å². The minimum atomic E-state index is -0.461. The highest BCUT2D eigenvalue weighted by atomic mass is 16.2. The van der Waals surface area contributed by atoms with Gasteiger partial charge in [-0.15, -0.1) is 0 Å². The van der Waals surface area contributed by atoms with E-state index in [1.54, 1.807) is 6.92 Å². The van der Waals surface area contributed by atoms with Crippen LogP contribution in [-0.2, 0) is 4.79 Å². The summed E-state index contributed by atoms with van der Waals surface area (Å²) in [6, 6.07) is -0.483. The molecule has 0 aliphatic heterocycles. The minimum absolute atomic E-state index is 0.283. The van der Waals surface area contributed by atoms with Crippen LogP contribution in [0.2, 0.25) is 0 Å². The van der Waals surface area contributed by atoms with E-state index in [9.17, 15) is 9.59 Å². The molecule has 3 N–H and O–H groups in total. The van der Waals surface area contributed by atoms with Crippen LogP contribution >= 0.6 is 0 Å². The fourth-order valence-electron chi connectivity index (χ4n) is 2.35. The van der Waals surface area contributed by atoms with Crippen molar-refractivity contribution in [2.75, 3.05) is 7.05 Å². The molecular formula is C12H23N3O2. The van der Waals surface area contributed by atoms with Gasteiger partial charge in [-0.25, -0.2) is 4.79 Å². The quantitative estimate of drug-likeness (QED) is 0.687. The van der Waals surface area contributed by atoms with E-state index in [4.69, 9.17) is 0 Å². The first kappa shape index (κ1) is 14.0. The van der Waals surface area contributed by atoms with Gasteiger partial charge in [0.05, 0.1) is 6.04 Å². The number of urea groups is 1. The van der Waals surface area contributed by atoms with Gasteiger partial charge in [0.1, 0.15) is 0 Å². The van der Waals surface area contributed by atoms with Crippen LogP contribution in [0.1, 0.15) is 39.5 Å². The first-order valence-electron chi connectivity index (χ1n) is 6.33. The van der Waals surface area contributed by atoms with E-state index < -0.39 is 6.03 Å².